The lowest BCUT2D eigenvalue weighted by atomic mass is 10.2. The molecule has 0 aromatic heterocycles. The molecule has 12 heavy (non-hydrogen) atoms. The van der Waals surface area contributed by atoms with Crippen molar-refractivity contribution in [1.82, 2.24) is 5.32 Å². The highest BCUT2D eigenvalue weighted by atomic mass is 16.7. The van der Waals surface area contributed by atoms with Crippen molar-refractivity contribution in [3.8, 4) is 0 Å². The maximum absolute atomic E-state index is 5.54. The summed E-state index contributed by atoms with van der Waals surface area (Å²) in [6, 6.07) is 0.278. The SMILES string of the molecule is CCNC(CN)CC(OC)OC. The fraction of sp³-hybridized carbons (Fsp3) is 1.00. The van der Waals surface area contributed by atoms with Gasteiger partial charge in [-0.05, 0) is 6.54 Å². The van der Waals surface area contributed by atoms with Gasteiger partial charge in [0.25, 0.3) is 0 Å². The van der Waals surface area contributed by atoms with Crippen LogP contribution in [0.15, 0.2) is 0 Å². The van der Waals surface area contributed by atoms with Gasteiger partial charge in [0.2, 0.25) is 0 Å². The fourth-order valence-corrected chi connectivity index (χ4v) is 1.07. The van der Waals surface area contributed by atoms with E-state index in [2.05, 4.69) is 12.2 Å². The van der Waals surface area contributed by atoms with Crippen molar-refractivity contribution in [2.75, 3.05) is 27.3 Å². The second kappa shape index (κ2) is 7.49. The maximum atomic E-state index is 5.54. The molecule has 1 unspecified atom stereocenters. The number of likely N-dealkylation sites (N-methyl/N-ethyl adjacent to an activating group) is 1. The zero-order valence-corrected chi connectivity index (χ0v) is 8.17. The van der Waals surface area contributed by atoms with E-state index in [0.717, 1.165) is 13.0 Å². The molecule has 0 amide bonds. The molecule has 0 spiro atoms. The zero-order valence-electron chi connectivity index (χ0n) is 8.17. The predicted molar refractivity (Wildman–Crippen MR) is 48.9 cm³/mol. The van der Waals surface area contributed by atoms with E-state index < -0.39 is 0 Å². The Morgan fingerprint density at radius 3 is 2.25 bits per heavy atom. The van der Waals surface area contributed by atoms with Crippen molar-refractivity contribution in [3.63, 3.8) is 0 Å². The normalized spacial score (nSPS) is 13.8. The summed E-state index contributed by atoms with van der Waals surface area (Å²) in [5.74, 6) is 0. The largest absolute Gasteiger partial charge is 0.356 e. The smallest absolute Gasteiger partial charge is 0.158 e. The molecule has 0 aromatic rings. The zero-order chi connectivity index (χ0) is 9.40. The highest BCUT2D eigenvalue weighted by molar-refractivity contribution is 4.67. The average Bonchev–Trinajstić information content (AvgIpc) is 2.12. The summed E-state index contributed by atoms with van der Waals surface area (Å²) in [7, 11) is 3.27. The van der Waals surface area contributed by atoms with Crippen LogP contribution < -0.4 is 11.1 Å². The van der Waals surface area contributed by atoms with Gasteiger partial charge in [0.05, 0.1) is 0 Å². The van der Waals surface area contributed by atoms with Gasteiger partial charge in [-0.3, -0.25) is 0 Å². The maximum Gasteiger partial charge on any atom is 0.158 e. The monoisotopic (exact) mass is 176 g/mol. The Bertz CT molecular complexity index is 97.1. The lowest BCUT2D eigenvalue weighted by Crippen LogP contribution is -2.39. The number of ether oxygens (including phenoxy) is 2. The molecule has 0 aromatic carbocycles. The minimum Gasteiger partial charge on any atom is -0.356 e. The van der Waals surface area contributed by atoms with Crippen molar-refractivity contribution in [2.24, 2.45) is 5.73 Å². The van der Waals surface area contributed by atoms with Gasteiger partial charge in [0, 0.05) is 33.2 Å². The standard InChI is InChI=1S/C8H20N2O2/c1-4-10-7(6-9)5-8(11-2)12-3/h7-8,10H,4-6,9H2,1-3H3. The van der Waals surface area contributed by atoms with Crippen LogP contribution in [-0.4, -0.2) is 39.6 Å². The third-order valence-corrected chi connectivity index (χ3v) is 1.78. The molecule has 0 aliphatic heterocycles. The van der Waals surface area contributed by atoms with Gasteiger partial charge in [-0.25, -0.2) is 0 Å². The van der Waals surface area contributed by atoms with E-state index in [9.17, 15) is 0 Å². The molecule has 0 fully saturated rings. The topological polar surface area (TPSA) is 56.5 Å². The van der Waals surface area contributed by atoms with Crippen LogP contribution in [0.25, 0.3) is 0 Å². The Morgan fingerprint density at radius 2 is 1.92 bits per heavy atom. The van der Waals surface area contributed by atoms with E-state index in [1.165, 1.54) is 0 Å². The van der Waals surface area contributed by atoms with Crippen molar-refractivity contribution in [2.45, 2.75) is 25.7 Å². The third kappa shape index (κ3) is 4.66. The van der Waals surface area contributed by atoms with Gasteiger partial charge in [-0.15, -0.1) is 0 Å². The van der Waals surface area contributed by atoms with E-state index in [-0.39, 0.29) is 12.3 Å². The van der Waals surface area contributed by atoms with Crippen LogP contribution in [0, 0.1) is 0 Å². The number of rotatable bonds is 7. The molecule has 1 atom stereocenters. The predicted octanol–water partition coefficient (Wildman–Crippen LogP) is -0.0678. The quantitative estimate of drug-likeness (QED) is 0.533. The lowest BCUT2D eigenvalue weighted by Gasteiger charge is -2.20. The van der Waals surface area contributed by atoms with Gasteiger partial charge >= 0.3 is 0 Å². The molecule has 74 valence electrons. The Balaban J connectivity index is 3.65. The average molecular weight is 176 g/mol. The number of nitrogens with two attached hydrogens (primary N) is 1. The summed E-state index contributed by atoms with van der Waals surface area (Å²) >= 11 is 0. The van der Waals surface area contributed by atoms with E-state index in [1.807, 2.05) is 0 Å². The lowest BCUT2D eigenvalue weighted by molar-refractivity contribution is -0.110. The Hall–Kier alpha value is -0.160. The molecular formula is C8H20N2O2. The summed E-state index contributed by atoms with van der Waals surface area (Å²) in [4.78, 5) is 0. The van der Waals surface area contributed by atoms with E-state index in [1.54, 1.807) is 14.2 Å². The van der Waals surface area contributed by atoms with Crippen LogP contribution >= 0.6 is 0 Å². The Kier molecular flexibility index (Phi) is 7.39. The van der Waals surface area contributed by atoms with Gasteiger partial charge in [-0.1, -0.05) is 6.92 Å². The number of hydrogen-bond donors (Lipinski definition) is 2. The summed E-state index contributed by atoms with van der Waals surface area (Å²) < 4.78 is 10.1. The van der Waals surface area contributed by atoms with E-state index in [0.29, 0.717) is 6.54 Å². The highest BCUT2D eigenvalue weighted by Crippen LogP contribution is 2.01. The fourth-order valence-electron chi connectivity index (χ4n) is 1.07. The molecule has 0 bridgehead atoms. The first-order valence-electron chi connectivity index (χ1n) is 4.27. The molecule has 0 saturated heterocycles. The molecular weight excluding hydrogens is 156 g/mol. The number of nitrogens with one attached hydrogen (secondary N) is 1. The second-order valence-electron chi connectivity index (χ2n) is 2.63. The molecule has 0 saturated carbocycles. The number of methoxy groups -OCH3 is 2. The Morgan fingerprint density at radius 1 is 1.33 bits per heavy atom. The van der Waals surface area contributed by atoms with Crippen LogP contribution in [0.3, 0.4) is 0 Å². The molecule has 0 rings (SSSR count). The highest BCUT2D eigenvalue weighted by Gasteiger charge is 2.12. The first-order valence-corrected chi connectivity index (χ1v) is 4.27. The molecule has 3 N–H and O–H groups in total. The summed E-state index contributed by atoms with van der Waals surface area (Å²) in [5, 5.41) is 3.25. The molecule has 0 heterocycles. The third-order valence-electron chi connectivity index (χ3n) is 1.78. The van der Waals surface area contributed by atoms with Gasteiger partial charge in [0.1, 0.15) is 0 Å². The van der Waals surface area contributed by atoms with Crippen molar-refractivity contribution in [1.29, 1.82) is 0 Å². The van der Waals surface area contributed by atoms with Crippen LogP contribution in [0.1, 0.15) is 13.3 Å². The van der Waals surface area contributed by atoms with Crippen LogP contribution in [0.5, 0.6) is 0 Å². The van der Waals surface area contributed by atoms with Crippen molar-refractivity contribution < 1.29 is 9.47 Å². The van der Waals surface area contributed by atoms with Gasteiger partial charge in [-0.2, -0.15) is 0 Å². The molecule has 0 aliphatic rings. The molecule has 4 nitrogen and oxygen atoms in total. The number of hydrogen-bond acceptors (Lipinski definition) is 4. The summed E-state index contributed by atoms with van der Waals surface area (Å²) in [6.45, 7) is 3.58. The molecule has 0 aliphatic carbocycles. The van der Waals surface area contributed by atoms with E-state index in [4.69, 9.17) is 15.2 Å². The van der Waals surface area contributed by atoms with Crippen molar-refractivity contribution >= 4 is 0 Å². The van der Waals surface area contributed by atoms with Crippen LogP contribution in [0.4, 0.5) is 0 Å². The minimum atomic E-state index is -0.155. The van der Waals surface area contributed by atoms with E-state index >= 15 is 0 Å². The molecule has 0 radical (unpaired) electrons. The van der Waals surface area contributed by atoms with Gasteiger partial charge in [0.15, 0.2) is 6.29 Å². The summed E-state index contributed by atoms with van der Waals surface area (Å²) in [6.07, 6.45) is 0.634. The van der Waals surface area contributed by atoms with Crippen molar-refractivity contribution in [3.05, 3.63) is 0 Å². The van der Waals surface area contributed by atoms with Gasteiger partial charge < -0.3 is 20.5 Å². The Labute approximate surface area is 74.4 Å². The minimum absolute atomic E-state index is 0.155. The van der Waals surface area contributed by atoms with Crippen LogP contribution in [-0.2, 0) is 9.47 Å². The van der Waals surface area contributed by atoms with Crippen LogP contribution in [0.2, 0.25) is 0 Å². The first kappa shape index (κ1) is 11.8. The first-order chi connectivity index (χ1) is 5.78. The summed E-state index contributed by atoms with van der Waals surface area (Å²) in [5.41, 5.74) is 5.54. The second-order valence-corrected chi connectivity index (χ2v) is 2.63. The molecule has 4 heteroatoms.